The van der Waals surface area contributed by atoms with Crippen molar-refractivity contribution in [2.24, 2.45) is 13.0 Å². The number of aryl methyl sites for hydroxylation is 1. The molecule has 0 bridgehead atoms. The molecule has 2 aliphatic rings. The van der Waals surface area contributed by atoms with Crippen LogP contribution >= 0.6 is 0 Å². The topological polar surface area (TPSA) is 29.4 Å². The third-order valence-electron chi connectivity index (χ3n) is 5.50. The average Bonchev–Trinajstić information content (AvgIpc) is 2.94. The molecular weight excluding hydrogens is 286 g/mol. The van der Waals surface area contributed by atoms with E-state index in [0.717, 1.165) is 39.4 Å². The predicted molar refractivity (Wildman–Crippen MR) is 93.6 cm³/mol. The Balaban J connectivity index is 1.76. The second-order valence-corrected chi connectivity index (χ2v) is 6.89. The van der Waals surface area contributed by atoms with Crippen molar-refractivity contribution in [1.29, 1.82) is 0 Å². The summed E-state index contributed by atoms with van der Waals surface area (Å²) in [5.41, 5.74) is 2.85. The van der Waals surface area contributed by atoms with Crippen molar-refractivity contribution in [3.05, 3.63) is 36.0 Å². The molecule has 124 valence electrons. The normalized spacial score (nSPS) is 22.5. The zero-order valence-electron chi connectivity index (χ0n) is 14.0. The lowest BCUT2D eigenvalue weighted by atomic mass is 9.85. The van der Waals surface area contributed by atoms with Crippen LogP contribution in [0.3, 0.4) is 0 Å². The van der Waals surface area contributed by atoms with Gasteiger partial charge in [0.15, 0.2) is 0 Å². The number of fused-ring (bicyclic) bond motifs is 1. The molecule has 1 atom stereocenters. The van der Waals surface area contributed by atoms with Crippen LogP contribution in [0.15, 0.2) is 30.5 Å². The van der Waals surface area contributed by atoms with Crippen LogP contribution in [0.25, 0.3) is 10.9 Å². The number of hydrogen-bond acceptors (Lipinski definition) is 3. The molecule has 1 aromatic heterocycles. The third-order valence-corrected chi connectivity index (χ3v) is 5.50. The van der Waals surface area contributed by atoms with Gasteiger partial charge in [-0.15, -0.1) is 0 Å². The molecule has 0 saturated carbocycles. The molecule has 1 aromatic carbocycles. The van der Waals surface area contributed by atoms with E-state index in [0.29, 0.717) is 12.0 Å². The standard InChI is InChI=1S/C19H27N3O/c1-21-14-17(16-4-2-3-5-18(16)21)19(15-6-12-23-13-7-15)22-10-8-20-9-11-22/h2-5,14-15,19-20H,6-13H2,1H3/t19-/m0/s1. The van der Waals surface area contributed by atoms with Crippen LogP contribution < -0.4 is 5.32 Å². The van der Waals surface area contributed by atoms with Crippen LogP contribution in [-0.4, -0.2) is 48.9 Å². The second kappa shape index (κ2) is 6.63. The van der Waals surface area contributed by atoms with Crippen molar-refractivity contribution >= 4 is 10.9 Å². The van der Waals surface area contributed by atoms with E-state index in [1.54, 1.807) is 0 Å². The molecular formula is C19H27N3O. The first-order valence-corrected chi connectivity index (χ1v) is 8.91. The molecule has 0 unspecified atom stereocenters. The Morgan fingerprint density at radius 1 is 1.13 bits per heavy atom. The summed E-state index contributed by atoms with van der Waals surface area (Å²) >= 11 is 0. The van der Waals surface area contributed by atoms with Gasteiger partial charge >= 0.3 is 0 Å². The Morgan fingerprint density at radius 2 is 1.87 bits per heavy atom. The van der Waals surface area contributed by atoms with Crippen LogP contribution in [0.4, 0.5) is 0 Å². The maximum absolute atomic E-state index is 5.63. The highest BCUT2D eigenvalue weighted by atomic mass is 16.5. The van der Waals surface area contributed by atoms with Crippen molar-refractivity contribution in [2.75, 3.05) is 39.4 Å². The Kier molecular flexibility index (Phi) is 4.38. The fourth-order valence-electron chi connectivity index (χ4n) is 4.35. The van der Waals surface area contributed by atoms with E-state index in [9.17, 15) is 0 Å². The molecule has 0 radical (unpaired) electrons. The van der Waals surface area contributed by atoms with E-state index in [-0.39, 0.29) is 0 Å². The van der Waals surface area contributed by atoms with Crippen LogP contribution in [0.2, 0.25) is 0 Å². The lowest BCUT2D eigenvalue weighted by Crippen LogP contribution is -2.47. The first-order chi connectivity index (χ1) is 11.3. The Bertz CT molecular complexity index is 636. The summed E-state index contributed by atoms with van der Waals surface area (Å²) in [6.07, 6.45) is 4.72. The summed E-state index contributed by atoms with van der Waals surface area (Å²) in [4.78, 5) is 2.70. The molecule has 4 nitrogen and oxygen atoms in total. The number of ether oxygens (including phenoxy) is 1. The average molecular weight is 313 g/mol. The van der Waals surface area contributed by atoms with Gasteiger partial charge in [-0.3, -0.25) is 4.90 Å². The Labute approximate surface area is 138 Å². The maximum Gasteiger partial charge on any atom is 0.0481 e. The summed E-state index contributed by atoms with van der Waals surface area (Å²) in [5, 5.41) is 4.92. The summed E-state index contributed by atoms with van der Waals surface area (Å²) in [6, 6.07) is 9.36. The molecule has 3 heterocycles. The summed E-state index contributed by atoms with van der Waals surface area (Å²) in [6.45, 7) is 6.32. The molecule has 0 spiro atoms. The first-order valence-electron chi connectivity index (χ1n) is 8.91. The fourth-order valence-corrected chi connectivity index (χ4v) is 4.35. The molecule has 0 amide bonds. The number of para-hydroxylation sites is 1. The van der Waals surface area contributed by atoms with Gasteiger partial charge in [0.2, 0.25) is 0 Å². The monoisotopic (exact) mass is 313 g/mol. The van der Waals surface area contributed by atoms with Crippen molar-refractivity contribution in [3.8, 4) is 0 Å². The number of nitrogens with zero attached hydrogens (tertiary/aromatic N) is 2. The number of nitrogens with one attached hydrogen (secondary N) is 1. The number of hydrogen-bond donors (Lipinski definition) is 1. The number of piperazine rings is 1. The van der Waals surface area contributed by atoms with E-state index in [4.69, 9.17) is 4.74 Å². The van der Waals surface area contributed by atoms with Crippen LogP contribution in [-0.2, 0) is 11.8 Å². The van der Waals surface area contributed by atoms with E-state index < -0.39 is 0 Å². The van der Waals surface area contributed by atoms with Crippen LogP contribution in [0.5, 0.6) is 0 Å². The van der Waals surface area contributed by atoms with Crippen molar-refractivity contribution < 1.29 is 4.74 Å². The summed E-state index contributed by atoms with van der Waals surface area (Å²) in [7, 11) is 2.17. The van der Waals surface area contributed by atoms with Crippen molar-refractivity contribution in [1.82, 2.24) is 14.8 Å². The van der Waals surface area contributed by atoms with Gasteiger partial charge in [0.25, 0.3) is 0 Å². The maximum atomic E-state index is 5.63. The van der Waals surface area contributed by atoms with E-state index >= 15 is 0 Å². The van der Waals surface area contributed by atoms with Crippen LogP contribution in [0.1, 0.15) is 24.4 Å². The molecule has 2 saturated heterocycles. The summed E-state index contributed by atoms with van der Waals surface area (Å²) in [5.74, 6) is 0.702. The number of benzene rings is 1. The zero-order valence-corrected chi connectivity index (χ0v) is 14.0. The highest BCUT2D eigenvalue weighted by Gasteiger charge is 2.33. The van der Waals surface area contributed by atoms with Crippen molar-refractivity contribution in [3.63, 3.8) is 0 Å². The molecule has 2 aromatic rings. The van der Waals surface area contributed by atoms with Crippen LogP contribution in [0, 0.1) is 5.92 Å². The lowest BCUT2D eigenvalue weighted by molar-refractivity contribution is 0.0217. The molecule has 2 aliphatic heterocycles. The zero-order chi connectivity index (χ0) is 15.6. The SMILES string of the molecule is Cn1cc([C@H](C2CCOCC2)N2CCNCC2)c2ccccc21. The van der Waals surface area contributed by atoms with E-state index in [2.05, 4.69) is 52.3 Å². The summed E-state index contributed by atoms with van der Waals surface area (Å²) < 4.78 is 7.92. The van der Waals surface area contributed by atoms with E-state index in [1.807, 2.05) is 0 Å². The van der Waals surface area contributed by atoms with Gasteiger partial charge in [-0.25, -0.2) is 0 Å². The minimum atomic E-state index is 0.520. The highest BCUT2D eigenvalue weighted by molar-refractivity contribution is 5.84. The Hall–Kier alpha value is -1.36. The van der Waals surface area contributed by atoms with Gasteiger partial charge in [-0.05, 0) is 30.4 Å². The first kappa shape index (κ1) is 15.2. The number of aromatic nitrogens is 1. The number of rotatable bonds is 3. The minimum absolute atomic E-state index is 0.520. The highest BCUT2D eigenvalue weighted by Crippen LogP contribution is 2.39. The van der Waals surface area contributed by atoms with Gasteiger partial charge in [0, 0.05) is 69.6 Å². The van der Waals surface area contributed by atoms with Gasteiger partial charge in [-0.1, -0.05) is 18.2 Å². The van der Waals surface area contributed by atoms with E-state index in [1.165, 1.54) is 29.3 Å². The molecule has 4 rings (SSSR count). The molecule has 0 aliphatic carbocycles. The largest absolute Gasteiger partial charge is 0.381 e. The predicted octanol–water partition coefficient (Wildman–Crippen LogP) is 2.55. The second-order valence-electron chi connectivity index (χ2n) is 6.89. The third kappa shape index (κ3) is 2.91. The molecule has 23 heavy (non-hydrogen) atoms. The molecule has 2 fully saturated rings. The minimum Gasteiger partial charge on any atom is -0.381 e. The fraction of sp³-hybridized carbons (Fsp3) is 0.579. The lowest BCUT2D eigenvalue weighted by Gasteiger charge is -2.41. The molecule has 4 heteroatoms. The Morgan fingerprint density at radius 3 is 2.65 bits per heavy atom. The van der Waals surface area contributed by atoms with Gasteiger partial charge < -0.3 is 14.6 Å². The molecule has 1 N–H and O–H groups in total. The van der Waals surface area contributed by atoms with Gasteiger partial charge in [0.1, 0.15) is 0 Å². The quantitative estimate of drug-likeness (QED) is 0.944. The van der Waals surface area contributed by atoms with Gasteiger partial charge in [-0.2, -0.15) is 0 Å². The smallest absolute Gasteiger partial charge is 0.0481 e. The van der Waals surface area contributed by atoms with Gasteiger partial charge in [0.05, 0.1) is 0 Å². The van der Waals surface area contributed by atoms with Crippen molar-refractivity contribution in [2.45, 2.75) is 18.9 Å².